The number of carbonyl (C=O) groups is 1. The Morgan fingerprint density at radius 2 is 1.74 bits per heavy atom. The second kappa shape index (κ2) is 11.5. The molecule has 1 aromatic heterocycles. The number of carbonyl (C=O) groups excluding carboxylic acids is 1. The van der Waals surface area contributed by atoms with Crippen LogP contribution in [0.2, 0.25) is 0 Å². The fourth-order valence-electron chi connectivity index (χ4n) is 4.09. The first-order chi connectivity index (χ1) is 17.1. The molecule has 0 spiro atoms. The lowest BCUT2D eigenvalue weighted by Gasteiger charge is -2.34. The molecule has 9 nitrogen and oxygen atoms in total. The van der Waals surface area contributed by atoms with Gasteiger partial charge in [-0.2, -0.15) is 0 Å². The van der Waals surface area contributed by atoms with Gasteiger partial charge >= 0.3 is 0 Å². The molecule has 0 radical (unpaired) electrons. The topological polar surface area (TPSA) is 85.4 Å². The highest BCUT2D eigenvalue weighted by Crippen LogP contribution is 2.38. The molecular weight excluding hydrogens is 468 g/mol. The molecule has 1 saturated heterocycles. The largest absolute Gasteiger partial charge is 0.494 e. The van der Waals surface area contributed by atoms with Gasteiger partial charge in [-0.05, 0) is 37.3 Å². The van der Waals surface area contributed by atoms with Crippen molar-refractivity contribution >= 4 is 32.6 Å². The Labute approximate surface area is 209 Å². The smallest absolute Gasteiger partial charge is 0.251 e. The molecule has 4 rings (SSSR count). The highest BCUT2D eigenvalue weighted by Gasteiger charge is 2.21. The number of hydrogen-bond acceptors (Lipinski definition) is 9. The second-order valence-electron chi connectivity index (χ2n) is 8.06. The predicted octanol–water partition coefficient (Wildman–Crippen LogP) is 3.27. The highest BCUT2D eigenvalue weighted by molar-refractivity contribution is 7.22. The average Bonchev–Trinajstić information content (AvgIpc) is 3.31. The van der Waals surface area contributed by atoms with Crippen LogP contribution >= 0.6 is 11.3 Å². The minimum absolute atomic E-state index is 0.177. The maximum atomic E-state index is 12.7. The number of nitrogens with zero attached hydrogens (tertiary/aromatic N) is 3. The van der Waals surface area contributed by atoms with Crippen LogP contribution in [0.1, 0.15) is 17.3 Å². The molecule has 1 N–H and O–H groups in total. The number of anilines is 1. The third kappa shape index (κ3) is 5.71. The molecule has 3 aromatic rings. The first kappa shape index (κ1) is 24.9. The summed E-state index contributed by atoms with van der Waals surface area (Å²) in [5, 5.41) is 4.04. The van der Waals surface area contributed by atoms with Gasteiger partial charge in [0.2, 0.25) is 5.75 Å². The molecule has 0 aliphatic carbocycles. The van der Waals surface area contributed by atoms with Crippen LogP contribution in [0.4, 0.5) is 5.13 Å². The van der Waals surface area contributed by atoms with E-state index >= 15 is 0 Å². The van der Waals surface area contributed by atoms with E-state index in [1.165, 1.54) is 21.3 Å². The summed E-state index contributed by atoms with van der Waals surface area (Å²) in [5.41, 5.74) is 1.47. The van der Waals surface area contributed by atoms with Crippen LogP contribution < -0.4 is 29.2 Å². The third-order valence-corrected chi connectivity index (χ3v) is 7.02. The number of benzene rings is 2. The Balaban J connectivity index is 1.28. The number of aromatic nitrogens is 1. The van der Waals surface area contributed by atoms with Crippen molar-refractivity contribution in [1.82, 2.24) is 15.2 Å². The molecule has 188 valence electrons. The summed E-state index contributed by atoms with van der Waals surface area (Å²) in [7, 11) is 4.60. The molecule has 35 heavy (non-hydrogen) atoms. The molecule has 2 aromatic carbocycles. The van der Waals surface area contributed by atoms with E-state index in [2.05, 4.69) is 21.2 Å². The number of fused-ring (bicyclic) bond motifs is 1. The summed E-state index contributed by atoms with van der Waals surface area (Å²) < 4.78 is 22.8. The Kier molecular flexibility index (Phi) is 8.14. The van der Waals surface area contributed by atoms with Crippen LogP contribution in [0, 0.1) is 0 Å². The summed E-state index contributed by atoms with van der Waals surface area (Å²) in [6.45, 7) is 7.61. The van der Waals surface area contributed by atoms with Crippen LogP contribution in [0.5, 0.6) is 23.0 Å². The lowest BCUT2D eigenvalue weighted by molar-refractivity contribution is 0.0947. The van der Waals surface area contributed by atoms with Crippen LogP contribution in [-0.2, 0) is 0 Å². The molecule has 10 heteroatoms. The molecule has 2 heterocycles. The van der Waals surface area contributed by atoms with E-state index in [1.807, 2.05) is 19.1 Å². The van der Waals surface area contributed by atoms with Gasteiger partial charge < -0.3 is 29.2 Å². The third-order valence-electron chi connectivity index (χ3n) is 5.94. The standard InChI is InChI=1S/C25H32N4O5S/c1-5-34-18-6-7-19-22(16-18)35-25(27-19)29-12-10-28(11-13-29)9-8-26-24(30)17-14-20(31-2)23(33-4)21(15-17)32-3/h6-7,14-16H,5,8-13H2,1-4H3,(H,26,30). The van der Waals surface area contributed by atoms with Crippen LogP contribution in [0.25, 0.3) is 10.2 Å². The number of rotatable bonds is 10. The summed E-state index contributed by atoms with van der Waals surface area (Å²) in [4.78, 5) is 22.2. The Morgan fingerprint density at radius 3 is 2.37 bits per heavy atom. The van der Waals surface area contributed by atoms with Crippen LogP contribution in [-0.4, -0.2) is 83.0 Å². The van der Waals surface area contributed by atoms with E-state index in [1.54, 1.807) is 23.5 Å². The van der Waals surface area contributed by atoms with Crippen molar-refractivity contribution in [3.05, 3.63) is 35.9 Å². The number of amides is 1. The number of hydrogen-bond donors (Lipinski definition) is 1. The zero-order valence-corrected chi connectivity index (χ0v) is 21.4. The van der Waals surface area contributed by atoms with E-state index in [9.17, 15) is 4.79 Å². The predicted molar refractivity (Wildman–Crippen MR) is 138 cm³/mol. The van der Waals surface area contributed by atoms with E-state index in [0.717, 1.165) is 53.8 Å². The number of methoxy groups -OCH3 is 3. The quantitative estimate of drug-likeness (QED) is 0.454. The molecule has 0 saturated carbocycles. The van der Waals surface area contributed by atoms with Crippen LogP contribution in [0.3, 0.4) is 0 Å². The van der Waals surface area contributed by atoms with Gasteiger partial charge in [0.05, 0.1) is 38.2 Å². The summed E-state index contributed by atoms with van der Waals surface area (Å²) in [6.07, 6.45) is 0. The van der Waals surface area contributed by atoms with Gasteiger partial charge in [-0.25, -0.2) is 4.98 Å². The van der Waals surface area contributed by atoms with Gasteiger partial charge in [-0.1, -0.05) is 11.3 Å². The van der Waals surface area contributed by atoms with Crippen molar-refractivity contribution in [3.8, 4) is 23.0 Å². The number of piperazine rings is 1. The number of thiazole rings is 1. The zero-order chi connectivity index (χ0) is 24.8. The summed E-state index contributed by atoms with van der Waals surface area (Å²) >= 11 is 1.70. The first-order valence-corrected chi connectivity index (χ1v) is 12.5. The number of nitrogens with one attached hydrogen (secondary N) is 1. The van der Waals surface area contributed by atoms with Crippen molar-refractivity contribution in [2.45, 2.75) is 6.92 Å². The van der Waals surface area contributed by atoms with Crippen molar-refractivity contribution < 1.29 is 23.7 Å². The normalized spacial score (nSPS) is 14.1. The number of ether oxygens (including phenoxy) is 4. The zero-order valence-electron chi connectivity index (χ0n) is 20.6. The molecule has 1 fully saturated rings. The van der Waals surface area contributed by atoms with E-state index in [-0.39, 0.29) is 5.91 Å². The second-order valence-corrected chi connectivity index (χ2v) is 9.07. The minimum atomic E-state index is -0.177. The molecule has 0 atom stereocenters. The molecule has 0 bridgehead atoms. The van der Waals surface area contributed by atoms with Gasteiger partial charge in [0.25, 0.3) is 5.91 Å². The molecule has 1 aliphatic rings. The molecular formula is C25H32N4O5S. The minimum Gasteiger partial charge on any atom is -0.494 e. The molecule has 1 amide bonds. The Bertz CT molecular complexity index is 1130. The average molecular weight is 501 g/mol. The van der Waals surface area contributed by atoms with Gasteiger partial charge in [0.1, 0.15) is 5.75 Å². The van der Waals surface area contributed by atoms with Crippen molar-refractivity contribution in [2.75, 3.05) is 72.1 Å². The lowest BCUT2D eigenvalue weighted by Crippen LogP contribution is -2.48. The lowest BCUT2D eigenvalue weighted by atomic mass is 10.1. The summed E-state index contributed by atoms with van der Waals surface area (Å²) in [6, 6.07) is 9.37. The monoisotopic (exact) mass is 500 g/mol. The fourth-order valence-corrected chi connectivity index (χ4v) is 5.13. The maximum absolute atomic E-state index is 12.7. The van der Waals surface area contributed by atoms with E-state index in [0.29, 0.717) is 36.0 Å². The highest BCUT2D eigenvalue weighted by atomic mass is 32.1. The SMILES string of the molecule is CCOc1ccc2nc(N3CCN(CCNC(=O)c4cc(OC)c(OC)c(OC)c4)CC3)sc2c1. The molecule has 0 unspecified atom stereocenters. The molecule has 1 aliphatic heterocycles. The Morgan fingerprint density at radius 1 is 1.03 bits per heavy atom. The van der Waals surface area contributed by atoms with E-state index < -0.39 is 0 Å². The van der Waals surface area contributed by atoms with Crippen molar-refractivity contribution in [2.24, 2.45) is 0 Å². The fraction of sp³-hybridized carbons (Fsp3) is 0.440. The van der Waals surface area contributed by atoms with Crippen molar-refractivity contribution in [1.29, 1.82) is 0 Å². The van der Waals surface area contributed by atoms with Gasteiger partial charge in [0.15, 0.2) is 16.6 Å². The van der Waals surface area contributed by atoms with Gasteiger partial charge in [-0.15, -0.1) is 0 Å². The Hall–Kier alpha value is -3.24. The van der Waals surface area contributed by atoms with Crippen molar-refractivity contribution in [3.63, 3.8) is 0 Å². The maximum Gasteiger partial charge on any atom is 0.251 e. The van der Waals surface area contributed by atoms with E-state index in [4.69, 9.17) is 23.9 Å². The first-order valence-electron chi connectivity index (χ1n) is 11.6. The van der Waals surface area contributed by atoms with Crippen LogP contribution in [0.15, 0.2) is 30.3 Å². The summed E-state index contributed by atoms with van der Waals surface area (Å²) in [5.74, 6) is 2.08. The van der Waals surface area contributed by atoms with Gasteiger partial charge in [-0.3, -0.25) is 9.69 Å². The van der Waals surface area contributed by atoms with Gasteiger partial charge in [0, 0.05) is 44.8 Å².